The number of carboxylic acid groups (broad SMARTS) is 1. The Balaban J connectivity index is 2.52. The molecule has 0 aromatic heterocycles. The first-order chi connectivity index (χ1) is 9.04. The average molecular weight is 266 g/mol. The minimum atomic E-state index is -1.17. The van der Waals surface area contributed by atoms with Gasteiger partial charge in [0.05, 0.1) is 0 Å². The normalized spacial score (nSPS) is 13.6. The maximum atomic E-state index is 11.7. The van der Waals surface area contributed by atoms with Crippen LogP contribution in [0.25, 0.3) is 0 Å². The number of nitrogens with one attached hydrogen (secondary N) is 1. The van der Waals surface area contributed by atoms with Crippen LogP contribution in [0.3, 0.4) is 0 Å². The predicted octanol–water partition coefficient (Wildman–Crippen LogP) is 0.0283. The highest BCUT2D eigenvalue weighted by Gasteiger charge is 2.20. The summed E-state index contributed by atoms with van der Waals surface area (Å²) < 4.78 is 0. The Morgan fingerprint density at radius 3 is 2.42 bits per heavy atom. The van der Waals surface area contributed by atoms with Crippen LogP contribution in [0.1, 0.15) is 24.4 Å². The van der Waals surface area contributed by atoms with Crippen LogP contribution in [0.4, 0.5) is 0 Å². The number of aliphatic carboxylic acids is 1. The van der Waals surface area contributed by atoms with Crippen LogP contribution in [0, 0.1) is 0 Å². The Bertz CT molecular complexity index is 422. The molecular weight excluding hydrogens is 248 g/mol. The minimum absolute atomic E-state index is 0.000772. The molecule has 1 aromatic carbocycles. The standard InChI is InChI=1S/C13H18N2O4/c14-10(9-4-2-1-3-5-9)8-12(17)15-11(6-7-16)13(18)19/h1-5,10-11,16H,6-8,14H2,(H,15,17)(H,18,19)/t10?,11-/m1/s1. The molecule has 6 nitrogen and oxygen atoms in total. The van der Waals surface area contributed by atoms with Gasteiger partial charge in [0.25, 0.3) is 0 Å². The van der Waals surface area contributed by atoms with E-state index in [1.807, 2.05) is 18.2 Å². The van der Waals surface area contributed by atoms with Crippen LogP contribution in [0.15, 0.2) is 30.3 Å². The van der Waals surface area contributed by atoms with Crippen molar-refractivity contribution in [3.05, 3.63) is 35.9 Å². The molecule has 0 fully saturated rings. The average Bonchev–Trinajstić information content (AvgIpc) is 2.39. The molecule has 19 heavy (non-hydrogen) atoms. The lowest BCUT2D eigenvalue weighted by Crippen LogP contribution is -2.42. The Morgan fingerprint density at radius 2 is 1.89 bits per heavy atom. The van der Waals surface area contributed by atoms with Crippen LogP contribution in [-0.4, -0.2) is 34.7 Å². The molecule has 6 heteroatoms. The lowest BCUT2D eigenvalue weighted by molar-refractivity contribution is -0.142. The fourth-order valence-electron chi connectivity index (χ4n) is 1.66. The van der Waals surface area contributed by atoms with E-state index < -0.39 is 24.0 Å². The highest BCUT2D eigenvalue weighted by atomic mass is 16.4. The van der Waals surface area contributed by atoms with E-state index in [-0.39, 0.29) is 19.4 Å². The van der Waals surface area contributed by atoms with Crippen LogP contribution < -0.4 is 11.1 Å². The monoisotopic (exact) mass is 266 g/mol. The zero-order chi connectivity index (χ0) is 14.3. The number of amides is 1. The lowest BCUT2D eigenvalue weighted by atomic mass is 10.0. The van der Waals surface area contributed by atoms with Gasteiger partial charge in [0, 0.05) is 25.5 Å². The van der Waals surface area contributed by atoms with E-state index in [2.05, 4.69) is 5.32 Å². The van der Waals surface area contributed by atoms with E-state index >= 15 is 0 Å². The Hall–Kier alpha value is -1.92. The molecule has 0 heterocycles. The maximum absolute atomic E-state index is 11.7. The van der Waals surface area contributed by atoms with E-state index in [1.165, 1.54) is 0 Å². The van der Waals surface area contributed by atoms with Gasteiger partial charge in [0.15, 0.2) is 0 Å². The van der Waals surface area contributed by atoms with E-state index in [0.717, 1.165) is 5.56 Å². The van der Waals surface area contributed by atoms with Crippen molar-refractivity contribution in [2.24, 2.45) is 5.73 Å². The summed E-state index contributed by atoms with van der Waals surface area (Å²) in [6, 6.07) is 7.53. The number of benzene rings is 1. The first-order valence-electron chi connectivity index (χ1n) is 5.98. The molecule has 104 valence electrons. The highest BCUT2D eigenvalue weighted by Crippen LogP contribution is 2.13. The molecule has 1 rings (SSSR count). The van der Waals surface area contributed by atoms with E-state index in [4.69, 9.17) is 15.9 Å². The van der Waals surface area contributed by atoms with Gasteiger partial charge in [-0.1, -0.05) is 30.3 Å². The maximum Gasteiger partial charge on any atom is 0.326 e. The lowest BCUT2D eigenvalue weighted by Gasteiger charge is -2.16. The topological polar surface area (TPSA) is 113 Å². The van der Waals surface area contributed by atoms with Gasteiger partial charge < -0.3 is 21.3 Å². The van der Waals surface area contributed by atoms with Crippen LogP contribution in [-0.2, 0) is 9.59 Å². The Morgan fingerprint density at radius 1 is 1.26 bits per heavy atom. The van der Waals surface area contributed by atoms with Crippen molar-refractivity contribution >= 4 is 11.9 Å². The number of rotatable bonds is 7. The van der Waals surface area contributed by atoms with Crippen LogP contribution in [0.5, 0.6) is 0 Å². The number of hydrogen-bond donors (Lipinski definition) is 4. The van der Waals surface area contributed by atoms with Crippen molar-refractivity contribution in [3.63, 3.8) is 0 Å². The smallest absolute Gasteiger partial charge is 0.326 e. The summed E-state index contributed by atoms with van der Waals surface area (Å²) in [6.45, 7) is -0.304. The largest absolute Gasteiger partial charge is 0.480 e. The molecule has 0 radical (unpaired) electrons. The molecule has 0 aliphatic rings. The SMILES string of the molecule is NC(CC(=O)N[C@H](CCO)C(=O)O)c1ccccc1. The fraction of sp³-hybridized carbons (Fsp3) is 0.385. The summed E-state index contributed by atoms with van der Waals surface area (Å²) in [5.74, 6) is -1.62. The molecule has 0 aliphatic carbocycles. The molecule has 0 spiro atoms. The molecule has 1 aromatic rings. The van der Waals surface area contributed by atoms with E-state index in [9.17, 15) is 9.59 Å². The van der Waals surface area contributed by atoms with Crippen molar-refractivity contribution in [1.82, 2.24) is 5.32 Å². The van der Waals surface area contributed by atoms with Crippen molar-refractivity contribution in [3.8, 4) is 0 Å². The quantitative estimate of drug-likeness (QED) is 0.556. The van der Waals surface area contributed by atoms with Gasteiger partial charge in [-0.25, -0.2) is 4.79 Å². The van der Waals surface area contributed by atoms with Crippen molar-refractivity contribution < 1.29 is 19.8 Å². The van der Waals surface area contributed by atoms with E-state index in [1.54, 1.807) is 12.1 Å². The third-order valence-electron chi connectivity index (χ3n) is 2.68. The summed E-state index contributed by atoms with van der Waals surface area (Å²) >= 11 is 0. The van der Waals surface area contributed by atoms with Crippen molar-refractivity contribution in [2.75, 3.05) is 6.61 Å². The van der Waals surface area contributed by atoms with Gasteiger partial charge in [-0.15, -0.1) is 0 Å². The molecule has 5 N–H and O–H groups in total. The predicted molar refractivity (Wildman–Crippen MR) is 69.3 cm³/mol. The summed E-state index contributed by atoms with van der Waals surface area (Å²) in [7, 11) is 0. The number of carboxylic acids is 1. The van der Waals surface area contributed by atoms with Gasteiger partial charge in [0.2, 0.25) is 5.91 Å². The molecule has 2 atom stereocenters. The van der Waals surface area contributed by atoms with Gasteiger partial charge in [-0.05, 0) is 5.56 Å². The third-order valence-corrected chi connectivity index (χ3v) is 2.68. The summed E-state index contributed by atoms with van der Waals surface area (Å²) in [4.78, 5) is 22.5. The second-order valence-electron chi connectivity index (χ2n) is 4.19. The zero-order valence-corrected chi connectivity index (χ0v) is 10.5. The number of carbonyl (C=O) groups excluding carboxylic acids is 1. The number of nitrogens with two attached hydrogens (primary N) is 1. The molecule has 0 saturated heterocycles. The third kappa shape index (κ3) is 5.07. The minimum Gasteiger partial charge on any atom is -0.480 e. The highest BCUT2D eigenvalue weighted by molar-refractivity contribution is 5.83. The van der Waals surface area contributed by atoms with Crippen LogP contribution >= 0.6 is 0 Å². The summed E-state index contributed by atoms with van der Waals surface area (Å²) in [6.07, 6.45) is -0.0269. The first-order valence-corrected chi connectivity index (χ1v) is 5.98. The zero-order valence-electron chi connectivity index (χ0n) is 10.5. The number of hydrogen-bond acceptors (Lipinski definition) is 4. The van der Waals surface area contributed by atoms with Crippen LogP contribution in [0.2, 0.25) is 0 Å². The number of carbonyl (C=O) groups is 2. The van der Waals surface area contributed by atoms with Gasteiger partial charge in [0.1, 0.15) is 6.04 Å². The fourth-order valence-corrected chi connectivity index (χ4v) is 1.66. The first kappa shape index (κ1) is 15.1. The second-order valence-corrected chi connectivity index (χ2v) is 4.19. The van der Waals surface area contributed by atoms with Gasteiger partial charge >= 0.3 is 5.97 Å². The molecule has 1 unspecified atom stereocenters. The number of aliphatic hydroxyl groups is 1. The van der Waals surface area contributed by atoms with E-state index in [0.29, 0.717) is 0 Å². The molecule has 0 bridgehead atoms. The molecule has 0 aliphatic heterocycles. The van der Waals surface area contributed by atoms with Crippen molar-refractivity contribution in [2.45, 2.75) is 24.9 Å². The number of aliphatic hydroxyl groups excluding tert-OH is 1. The molecule has 0 saturated carbocycles. The Labute approximate surface area is 111 Å². The molecule has 1 amide bonds. The Kier molecular flexibility index (Phi) is 5.98. The van der Waals surface area contributed by atoms with Gasteiger partial charge in [-0.3, -0.25) is 4.79 Å². The molecular formula is C13H18N2O4. The van der Waals surface area contributed by atoms with Gasteiger partial charge in [-0.2, -0.15) is 0 Å². The summed E-state index contributed by atoms with van der Waals surface area (Å²) in [5, 5.41) is 19.9. The summed E-state index contributed by atoms with van der Waals surface area (Å²) in [5.41, 5.74) is 6.68. The van der Waals surface area contributed by atoms with Crippen molar-refractivity contribution in [1.29, 1.82) is 0 Å². The second kappa shape index (κ2) is 7.50.